The molecule has 2 rings (SSSR count). The second kappa shape index (κ2) is 7.20. The quantitative estimate of drug-likeness (QED) is 0.760. The molecule has 1 aliphatic rings. The van der Waals surface area contributed by atoms with Crippen molar-refractivity contribution in [2.75, 3.05) is 26.2 Å². The number of aromatic amines is 1. The molecule has 0 atom stereocenters. The summed E-state index contributed by atoms with van der Waals surface area (Å²) in [5.41, 5.74) is -0.494. The first-order valence-electron chi connectivity index (χ1n) is 7.38. The van der Waals surface area contributed by atoms with Crippen molar-refractivity contribution in [1.82, 2.24) is 14.6 Å². The average Bonchev–Trinajstić information content (AvgIpc) is 2.46. The molecule has 118 valence electrons. The van der Waals surface area contributed by atoms with Crippen molar-refractivity contribution in [3.63, 3.8) is 0 Å². The van der Waals surface area contributed by atoms with E-state index in [9.17, 15) is 13.2 Å². The first-order valence-corrected chi connectivity index (χ1v) is 8.86. The number of hydrogen-bond donors (Lipinski definition) is 2. The molecule has 1 aromatic heterocycles. The molecule has 7 heteroatoms. The topological polar surface area (TPSA) is 82.3 Å². The zero-order chi connectivity index (χ0) is 15.3. The molecule has 0 saturated carbocycles. The Morgan fingerprint density at radius 3 is 2.76 bits per heavy atom. The number of H-pyrrole nitrogens is 1. The van der Waals surface area contributed by atoms with Gasteiger partial charge in [-0.05, 0) is 44.8 Å². The van der Waals surface area contributed by atoms with Crippen LogP contribution >= 0.6 is 0 Å². The van der Waals surface area contributed by atoms with Crippen LogP contribution in [-0.2, 0) is 10.0 Å². The van der Waals surface area contributed by atoms with E-state index in [4.69, 9.17) is 0 Å². The molecule has 2 heterocycles. The Kier molecular flexibility index (Phi) is 5.55. The lowest BCUT2D eigenvalue weighted by Crippen LogP contribution is -2.36. The maximum atomic E-state index is 12.0. The molecular weight excluding hydrogens is 290 g/mol. The van der Waals surface area contributed by atoms with Gasteiger partial charge in [-0.15, -0.1) is 0 Å². The van der Waals surface area contributed by atoms with E-state index in [2.05, 4.69) is 21.5 Å². The lowest BCUT2D eigenvalue weighted by atomic mass is 9.99. The number of sulfonamides is 1. The van der Waals surface area contributed by atoms with E-state index >= 15 is 0 Å². The molecule has 6 nitrogen and oxygen atoms in total. The van der Waals surface area contributed by atoms with Gasteiger partial charge >= 0.3 is 0 Å². The van der Waals surface area contributed by atoms with E-state index in [1.54, 1.807) is 0 Å². The zero-order valence-corrected chi connectivity index (χ0v) is 13.2. The molecule has 21 heavy (non-hydrogen) atoms. The Balaban J connectivity index is 1.78. The van der Waals surface area contributed by atoms with Crippen LogP contribution in [0, 0.1) is 5.92 Å². The van der Waals surface area contributed by atoms with Crippen molar-refractivity contribution < 1.29 is 8.42 Å². The second-order valence-corrected chi connectivity index (χ2v) is 7.38. The highest BCUT2D eigenvalue weighted by atomic mass is 32.2. The van der Waals surface area contributed by atoms with Gasteiger partial charge in [-0.3, -0.25) is 4.79 Å². The summed E-state index contributed by atoms with van der Waals surface area (Å²) < 4.78 is 26.5. The summed E-state index contributed by atoms with van der Waals surface area (Å²) in [6.45, 7) is 5.69. The lowest BCUT2D eigenvalue weighted by Gasteiger charge is -2.30. The van der Waals surface area contributed by atoms with Gasteiger partial charge in [0.25, 0.3) is 0 Å². The third-order valence-corrected chi connectivity index (χ3v) is 5.38. The van der Waals surface area contributed by atoms with Crippen molar-refractivity contribution in [2.45, 2.75) is 31.1 Å². The highest BCUT2D eigenvalue weighted by molar-refractivity contribution is 7.89. The van der Waals surface area contributed by atoms with Crippen LogP contribution in [0.25, 0.3) is 0 Å². The maximum absolute atomic E-state index is 12.0. The van der Waals surface area contributed by atoms with Gasteiger partial charge in [0.05, 0.1) is 0 Å². The Morgan fingerprint density at radius 2 is 2.10 bits per heavy atom. The molecule has 1 fully saturated rings. The van der Waals surface area contributed by atoms with E-state index in [-0.39, 0.29) is 4.90 Å². The van der Waals surface area contributed by atoms with Crippen LogP contribution in [0.15, 0.2) is 28.2 Å². The van der Waals surface area contributed by atoms with E-state index in [0.29, 0.717) is 6.54 Å². The van der Waals surface area contributed by atoms with Crippen LogP contribution in [0.4, 0.5) is 0 Å². The van der Waals surface area contributed by atoms with Gasteiger partial charge in [0.1, 0.15) is 4.90 Å². The standard InChI is InChI=1S/C14H23N3O3S/c1-12-4-9-17(10-5-12)8-2-6-16-21(19,20)14-11-15-7-3-13(14)18/h3,7,11-12,16H,2,4-6,8-10H2,1H3,(H,15,18). The van der Waals surface area contributed by atoms with E-state index in [0.717, 1.165) is 32.0 Å². The molecule has 0 spiro atoms. The van der Waals surface area contributed by atoms with Gasteiger partial charge in [-0.25, -0.2) is 13.1 Å². The van der Waals surface area contributed by atoms with Crippen molar-refractivity contribution >= 4 is 10.0 Å². The molecule has 1 aromatic rings. The molecule has 1 saturated heterocycles. The minimum atomic E-state index is -3.71. The second-order valence-electron chi connectivity index (χ2n) is 5.65. The van der Waals surface area contributed by atoms with Gasteiger partial charge in [0, 0.05) is 25.0 Å². The fourth-order valence-electron chi connectivity index (χ4n) is 2.48. The molecule has 0 radical (unpaired) electrons. The van der Waals surface area contributed by atoms with Gasteiger partial charge in [-0.1, -0.05) is 6.92 Å². The molecule has 0 amide bonds. The fourth-order valence-corrected chi connectivity index (χ4v) is 3.61. The number of rotatable bonds is 6. The van der Waals surface area contributed by atoms with Crippen molar-refractivity contribution in [3.05, 3.63) is 28.7 Å². The number of nitrogens with zero attached hydrogens (tertiary/aromatic N) is 1. The van der Waals surface area contributed by atoms with Crippen LogP contribution in [0.3, 0.4) is 0 Å². The molecule has 0 aromatic carbocycles. The fraction of sp³-hybridized carbons (Fsp3) is 0.643. The number of aromatic nitrogens is 1. The molecule has 2 N–H and O–H groups in total. The van der Waals surface area contributed by atoms with Crippen molar-refractivity contribution in [2.24, 2.45) is 5.92 Å². The number of piperidine rings is 1. The normalized spacial score (nSPS) is 18.0. The molecule has 0 unspecified atom stereocenters. The summed E-state index contributed by atoms with van der Waals surface area (Å²) in [4.78, 5) is 16.3. The summed E-state index contributed by atoms with van der Waals surface area (Å²) in [6.07, 6.45) is 5.81. The summed E-state index contributed by atoms with van der Waals surface area (Å²) in [6, 6.07) is 1.21. The first kappa shape index (κ1) is 16.2. The van der Waals surface area contributed by atoms with E-state index < -0.39 is 15.5 Å². The largest absolute Gasteiger partial charge is 0.366 e. The third kappa shape index (κ3) is 4.66. The molecule has 1 aliphatic heterocycles. The number of pyridine rings is 1. The average molecular weight is 313 g/mol. The first-order chi connectivity index (χ1) is 9.99. The SMILES string of the molecule is CC1CCN(CCCNS(=O)(=O)c2c[nH]ccc2=O)CC1. The van der Waals surface area contributed by atoms with E-state index in [1.165, 1.54) is 31.3 Å². The minimum absolute atomic E-state index is 0.225. The highest BCUT2D eigenvalue weighted by Gasteiger charge is 2.18. The Hall–Kier alpha value is -1.18. The molecule has 0 aliphatic carbocycles. The summed E-state index contributed by atoms with van der Waals surface area (Å²) in [7, 11) is -3.71. The van der Waals surface area contributed by atoms with Crippen LogP contribution in [-0.4, -0.2) is 44.5 Å². The zero-order valence-electron chi connectivity index (χ0n) is 12.3. The van der Waals surface area contributed by atoms with Gasteiger partial charge in [0.2, 0.25) is 15.5 Å². The smallest absolute Gasteiger partial charge is 0.245 e. The monoisotopic (exact) mass is 313 g/mol. The predicted molar refractivity (Wildman–Crippen MR) is 81.7 cm³/mol. The van der Waals surface area contributed by atoms with Gasteiger partial charge in [0.15, 0.2) is 0 Å². The third-order valence-electron chi connectivity index (χ3n) is 3.90. The summed E-state index contributed by atoms with van der Waals surface area (Å²) in [5.74, 6) is 0.796. The van der Waals surface area contributed by atoms with Crippen LogP contribution in [0.1, 0.15) is 26.2 Å². The number of likely N-dealkylation sites (tertiary alicyclic amines) is 1. The summed E-state index contributed by atoms with van der Waals surface area (Å²) >= 11 is 0. The number of nitrogens with one attached hydrogen (secondary N) is 2. The lowest BCUT2D eigenvalue weighted by molar-refractivity contribution is 0.191. The van der Waals surface area contributed by atoms with Crippen LogP contribution in [0.2, 0.25) is 0 Å². The minimum Gasteiger partial charge on any atom is -0.366 e. The van der Waals surface area contributed by atoms with Crippen LogP contribution < -0.4 is 10.2 Å². The van der Waals surface area contributed by atoms with E-state index in [1.807, 2.05) is 0 Å². The maximum Gasteiger partial charge on any atom is 0.245 e. The summed E-state index contributed by atoms with van der Waals surface area (Å²) in [5, 5.41) is 0. The molecular formula is C14H23N3O3S. The van der Waals surface area contributed by atoms with Crippen LogP contribution in [0.5, 0.6) is 0 Å². The predicted octanol–water partition coefficient (Wildman–Crippen LogP) is 0.775. The highest BCUT2D eigenvalue weighted by Crippen LogP contribution is 2.15. The Labute approximate surface area is 125 Å². The van der Waals surface area contributed by atoms with Crippen molar-refractivity contribution in [3.8, 4) is 0 Å². The molecule has 0 bridgehead atoms. The van der Waals surface area contributed by atoms with Gasteiger partial charge < -0.3 is 9.88 Å². The number of hydrogen-bond acceptors (Lipinski definition) is 4. The Bertz CT molecular complexity index is 604. The van der Waals surface area contributed by atoms with Gasteiger partial charge in [-0.2, -0.15) is 0 Å². The van der Waals surface area contributed by atoms with Crippen molar-refractivity contribution in [1.29, 1.82) is 0 Å². The Morgan fingerprint density at radius 1 is 1.38 bits per heavy atom.